The molecule has 0 amide bonds. The first-order chi connectivity index (χ1) is 9.78. The van der Waals surface area contributed by atoms with E-state index in [4.69, 9.17) is 0 Å². The third-order valence-electron chi connectivity index (χ3n) is 3.43. The number of fused-ring (bicyclic) bond motifs is 1. The van der Waals surface area contributed by atoms with Crippen LogP contribution in [0.25, 0.3) is 10.9 Å². The molecule has 1 unspecified atom stereocenters. The molecule has 1 N–H and O–H groups in total. The molecule has 0 aliphatic rings. The van der Waals surface area contributed by atoms with Gasteiger partial charge < -0.3 is 5.32 Å². The van der Waals surface area contributed by atoms with E-state index in [0.29, 0.717) is 0 Å². The number of thiazole rings is 1. The number of pyridine rings is 1. The van der Waals surface area contributed by atoms with Crippen molar-refractivity contribution in [1.29, 1.82) is 0 Å². The maximum absolute atomic E-state index is 4.56. The molecule has 0 saturated carbocycles. The first-order valence-electron chi connectivity index (χ1n) is 6.70. The number of aromatic nitrogens is 2. The van der Waals surface area contributed by atoms with Crippen LogP contribution >= 0.6 is 11.3 Å². The van der Waals surface area contributed by atoms with Crippen LogP contribution < -0.4 is 5.32 Å². The SMILES string of the molecule is CNC(Cc1nc(C)cs1)c1cccc2cccnc12. The number of benzene rings is 1. The summed E-state index contributed by atoms with van der Waals surface area (Å²) in [7, 11) is 1.99. The van der Waals surface area contributed by atoms with Crippen molar-refractivity contribution in [3.63, 3.8) is 0 Å². The van der Waals surface area contributed by atoms with Gasteiger partial charge >= 0.3 is 0 Å². The fourth-order valence-corrected chi connectivity index (χ4v) is 3.27. The predicted molar refractivity (Wildman–Crippen MR) is 84.1 cm³/mol. The predicted octanol–water partition coefficient (Wildman–Crippen LogP) is 3.50. The smallest absolute Gasteiger partial charge is 0.0947 e. The van der Waals surface area contributed by atoms with Crippen molar-refractivity contribution in [2.24, 2.45) is 0 Å². The van der Waals surface area contributed by atoms with Crippen LogP contribution in [0, 0.1) is 6.92 Å². The molecule has 2 heterocycles. The third kappa shape index (κ3) is 2.57. The average molecular weight is 283 g/mol. The number of para-hydroxylation sites is 1. The summed E-state index contributed by atoms with van der Waals surface area (Å²) in [5, 5.41) is 7.84. The number of nitrogens with zero attached hydrogens (tertiary/aromatic N) is 2. The fourth-order valence-electron chi connectivity index (χ4n) is 2.45. The molecule has 3 rings (SSSR count). The molecule has 2 aromatic heterocycles. The van der Waals surface area contributed by atoms with Crippen LogP contribution in [-0.2, 0) is 6.42 Å². The largest absolute Gasteiger partial charge is 0.313 e. The van der Waals surface area contributed by atoms with E-state index in [1.165, 1.54) is 10.9 Å². The number of aryl methyl sites for hydroxylation is 1. The third-order valence-corrected chi connectivity index (χ3v) is 4.42. The highest BCUT2D eigenvalue weighted by Gasteiger charge is 2.15. The first kappa shape index (κ1) is 13.2. The summed E-state index contributed by atoms with van der Waals surface area (Å²) in [5.74, 6) is 0. The molecule has 3 aromatic rings. The standard InChI is InChI=1S/C16H17N3S/c1-11-10-20-15(19-11)9-14(17-2)13-7-3-5-12-6-4-8-18-16(12)13/h3-8,10,14,17H,9H2,1-2H3. The van der Waals surface area contributed by atoms with E-state index in [-0.39, 0.29) is 6.04 Å². The second kappa shape index (κ2) is 5.69. The molecule has 0 spiro atoms. The fraction of sp³-hybridized carbons (Fsp3) is 0.250. The van der Waals surface area contributed by atoms with Gasteiger partial charge in [0, 0.05) is 35.1 Å². The van der Waals surface area contributed by atoms with Crippen LogP contribution in [0.3, 0.4) is 0 Å². The first-order valence-corrected chi connectivity index (χ1v) is 7.58. The van der Waals surface area contributed by atoms with E-state index in [9.17, 15) is 0 Å². The lowest BCUT2D eigenvalue weighted by Gasteiger charge is -2.17. The van der Waals surface area contributed by atoms with Crippen molar-refractivity contribution in [3.05, 3.63) is 58.2 Å². The summed E-state index contributed by atoms with van der Waals surface area (Å²) in [6.45, 7) is 2.04. The Hall–Kier alpha value is -1.78. The zero-order valence-electron chi connectivity index (χ0n) is 11.6. The van der Waals surface area contributed by atoms with Gasteiger partial charge in [0.2, 0.25) is 0 Å². The van der Waals surface area contributed by atoms with Gasteiger partial charge in [-0.25, -0.2) is 4.98 Å². The minimum atomic E-state index is 0.235. The molecule has 0 bridgehead atoms. The molecule has 1 atom stereocenters. The van der Waals surface area contributed by atoms with E-state index < -0.39 is 0 Å². The van der Waals surface area contributed by atoms with Crippen LogP contribution in [0.15, 0.2) is 41.9 Å². The second-order valence-corrected chi connectivity index (χ2v) is 5.79. The van der Waals surface area contributed by atoms with Crippen LogP contribution in [0.5, 0.6) is 0 Å². The minimum Gasteiger partial charge on any atom is -0.313 e. The van der Waals surface area contributed by atoms with Crippen molar-refractivity contribution in [2.75, 3.05) is 7.05 Å². The lowest BCUT2D eigenvalue weighted by Crippen LogP contribution is -2.19. The molecule has 102 valence electrons. The van der Waals surface area contributed by atoms with E-state index in [0.717, 1.165) is 22.6 Å². The van der Waals surface area contributed by atoms with Crippen molar-refractivity contribution >= 4 is 22.2 Å². The molecule has 0 aliphatic heterocycles. The monoisotopic (exact) mass is 283 g/mol. The molecule has 1 aromatic carbocycles. The summed E-state index contributed by atoms with van der Waals surface area (Å²) < 4.78 is 0. The van der Waals surface area contributed by atoms with E-state index in [2.05, 4.69) is 44.9 Å². The Balaban J connectivity index is 1.98. The number of rotatable bonds is 4. The molecular formula is C16H17N3S. The van der Waals surface area contributed by atoms with Crippen LogP contribution in [0.1, 0.15) is 22.3 Å². The topological polar surface area (TPSA) is 37.8 Å². The van der Waals surface area contributed by atoms with Gasteiger partial charge in [-0.1, -0.05) is 24.3 Å². The van der Waals surface area contributed by atoms with E-state index in [1.807, 2.05) is 26.2 Å². The molecule has 3 nitrogen and oxygen atoms in total. The maximum Gasteiger partial charge on any atom is 0.0947 e. The van der Waals surface area contributed by atoms with Gasteiger partial charge in [-0.15, -0.1) is 11.3 Å². The minimum absolute atomic E-state index is 0.235. The Bertz CT molecular complexity index is 715. The second-order valence-electron chi connectivity index (χ2n) is 4.85. The van der Waals surface area contributed by atoms with Crippen molar-refractivity contribution in [3.8, 4) is 0 Å². The van der Waals surface area contributed by atoms with Gasteiger partial charge in [0.15, 0.2) is 0 Å². The Morgan fingerprint density at radius 2 is 2.10 bits per heavy atom. The highest BCUT2D eigenvalue weighted by atomic mass is 32.1. The summed E-state index contributed by atoms with van der Waals surface area (Å²) in [6, 6.07) is 10.7. The Kier molecular flexibility index (Phi) is 3.76. The van der Waals surface area contributed by atoms with E-state index >= 15 is 0 Å². The van der Waals surface area contributed by atoms with Crippen molar-refractivity contribution in [2.45, 2.75) is 19.4 Å². The van der Waals surface area contributed by atoms with Crippen LogP contribution in [-0.4, -0.2) is 17.0 Å². The van der Waals surface area contributed by atoms with Gasteiger partial charge in [0.05, 0.1) is 10.5 Å². The quantitative estimate of drug-likeness (QED) is 0.796. The summed E-state index contributed by atoms with van der Waals surface area (Å²) in [5.41, 5.74) is 3.40. The lowest BCUT2D eigenvalue weighted by atomic mass is 10.0. The molecule has 4 heteroatoms. The number of nitrogens with one attached hydrogen (secondary N) is 1. The Labute approximate surface area is 122 Å². The van der Waals surface area contributed by atoms with Crippen molar-refractivity contribution in [1.82, 2.24) is 15.3 Å². The molecule has 0 radical (unpaired) electrons. The molecular weight excluding hydrogens is 266 g/mol. The molecule has 0 fully saturated rings. The highest BCUT2D eigenvalue weighted by molar-refractivity contribution is 7.09. The number of likely N-dealkylation sites (N-methyl/N-ethyl adjacent to an activating group) is 1. The van der Waals surface area contributed by atoms with E-state index in [1.54, 1.807) is 11.3 Å². The zero-order valence-corrected chi connectivity index (χ0v) is 12.4. The zero-order chi connectivity index (χ0) is 13.9. The van der Waals surface area contributed by atoms with Crippen LogP contribution in [0.2, 0.25) is 0 Å². The number of hydrogen-bond donors (Lipinski definition) is 1. The normalized spacial score (nSPS) is 12.7. The van der Waals surface area contributed by atoms with Gasteiger partial charge in [-0.05, 0) is 25.6 Å². The Morgan fingerprint density at radius 3 is 2.85 bits per heavy atom. The van der Waals surface area contributed by atoms with Crippen molar-refractivity contribution < 1.29 is 0 Å². The van der Waals surface area contributed by atoms with Crippen LogP contribution in [0.4, 0.5) is 0 Å². The van der Waals surface area contributed by atoms with Gasteiger partial charge in [0.1, 0.15) is 0 Å². The number of hydrogen-bond acceptors (Lipinski definition) is 4. The van der Waals surface area contributed by atoms with Gasteiger partial charge in [-0.2, -0.15) is 0 Å². The maximum atomic E-state index is 4.56. The highest BCUT2D eigenvalue weighted by Crippen LogP contribution is 2.26. The summed E-state index contributed by atoms with van der Waals surface area (Å²) in [4.78, 5) is 9.10. The summed E-state index contributed by atoms with van der Waals surface area (Å²) >= 11 is 1.72. The molecule has 0 aliphatic carbocycles. The molecule has 20 heavy (non-hydrogen) atoms. The van der Waals surface area contributed by atoms with Gasteiger partial charge in [-0.3, -0.25) is 4.98 Å². The lowest BCUT2D eigenvalue weighted by molar-refractivity contribution is 0.593. The van der Waals surface area contributed by atoms with Gasteiger partial charge in [0.25, 0.3) is 0 Å². The average Bonchev–Trinajstić information content (AvgIpc) is 2.89. The molecule has 0 saturated heterocycles. The Morgan fingerprint density at radius 1 is 1.25 bits per heavy atom. The summed E-state index contributed by atoms with van der Waals surface area (Å²) in [6.07, 6.45) is 2.75.